The lowest BCUT2D eigenvalue weighted by Crippen LogP contribution is -2.44. The molecule has 0 aliphatic carbocycles. The van der Waals surface area contributed by atoms with Crippen LogP contribution in [0.2, 0.25) is 0 Å². The van der Waals surface area contributed by atoms with Crippen molar-refractivity contribution < 1.29 is 19.5 Å². The molecular weight excluding hydrogens is 248 g/mol. The summed E-state index contributed by atoms with van der Waals surface area (Å²) in [7, 11) is 0. The molecule has 2 fully saturated rings. The first-order valence-electron chi connectivity index (χ1n) is 6.83. The summed E-state index contributed by atoms with van der Waals surface area (Å²) in [6.07, 6.45) is 3.06. The van der Waals surface area contributed by atoms with E-state index in [9.17, 15) is 14.4 Å². The third-order valence-corrected chi connectivity index (χ3v) is 3.93. The molecule has 0 aromatic rings. The summed E-state index contributed by atoms with van der Waals surface area (Å²) in [4.78, 5) is 37.5. The molecule has 6 nitrogen and oxygen atoms in total. The van der Waals surface area contributed by atoms with E-state index < -0.39 is 5.97 Å². The van der Waals surface area contributed by atoms with Gasteiger partial charge in [0.15, 0.2) is 0 Å². The zero-order valence-corrected chi connectivity index (χ0v) is 11.0. The highest BCUT2D eigenvalue weighted by molar-refractivity contribution is 5.85. The van der Waals surface area contributed by atoms with Crippen molar-refractivity contribution in [2.45, 2.75) is 32.1 Å². The molecule has 0 saturated carbocycles. The Morgan fingerprint density at radius 2 is 1.89 bits per heavy atom. The fourth-order valence-corrected chi connectivity index (χ4v) is 2.77. The number of piperidine rings is 1. The number of carboxylic acid groups (broad SMARTS) is 1. The van der Waals surface area contributed by atoms with Crippen LogP contribution >= 0.6 is 0 Å². The first-order valence-corrected chi connectivity index (χ1v) is 6.83. The van der Waals surface area contributed by atoms with Gasteiger partial charge in [-0.1, -0.05) is 0 Å². The molecule has 0 aromatic heterocycles. The summed E-state index contributed by atoms with van der Waals surface area (Å²) in [5.41, 5.74) is 0. The second-order valence-electron chi connectivity index (χ2n) is 5.34. The predicted molar refractivity (Wildman–Crippen MR) is 67.4 cm³/mol. The van der Waals surface area contributed by atoms with Gasteiger partial charge in [-0.2, -0.15) is 0 Å². The maximum absolute atomic E-state index is 12.0. The lowest BCUT2D eigenvalue weighted by atomic mass is 9.93. The summed E-state index contributed by atoms with van der Waals surface area (Å²) in [5.74, 6) is -0.541. The second-order valence-corrected chi connectivity index (χ2v) is 5.34. The van der Waals surface area contributed by atoms with Crippen LogP contribution in [0.5, 0.6) is 0 Å². The minimum absolute atomic E-state index is 0.0102. The normalized spacial score (nSPS) is 20.9. The molecule has 2 rings (SSSR count). The van der Waals surface area contributed by atoms with Gasteiger partial charge in [-0.15, -0.1) is 0 Å². The molecule has 19 heavy (non-hydrogen) atoms. The van der Waals surface area contributed by atoms with Gasteiger partial charge in [-0.3, -0.25) is 14.4 Å². The highest BCUT2D eigenvalue weighted by Gasteiger charge is 2.28. The van der Waals surface area contributed by atoms with Crippen LogP contribution in [0.25, 0.3) is 0 Å². The van der Waals surface area contributed by atoms with Gasteiger partial charge in [0.05, 0.1) is 6.54 Å². The molecule has 1 N–H and O–H groups in total. The van der Waals surface area contributed by atoms with Crippen molar-refractivity contribution in [3.05, 3.63) is 0 Å². The first kappa shape index (κ1) is 13.8. The van der Waals surface area contributed by atoms with Crippen molar-refractivity contribution >= 4 is 17.8 Å². The number of carbonyl (C=O) groups excluding carboxylic acids is 2. The Bertz CT molecular complexity index is 375. The van der Waals surface area contributed by atoms with Crippen LogP contribution in [0.3, 0.4) is 0 Å². The maximum Gasteiger partial charge on any atom is 0.303 e. The first-order chi connectivity index (χ1) is 9.06. The predicted octanol–water partition coefficient (Wildman–Crippen LogP) is 0.322. The van der Waals surface area contributed by atoms with Crippen molar-refractivity contribution in [2.75, 3.05) is 26.2 Å². The summed E-state index contributed by atoms with van der Waals surface area (Å²) in [6.45, 7) is 2.08. The number of amides is 2. The van der Waals surface area contributed by atoms with Crippen LogP contribution in [-0.2, 0) is 14.4 Å². The number of hydrogen-bond donors (Lipinski definition) is 1. The van der Waals surface area contributed by atoms with Gasteiger partial charge in [0.1, 0.15) is 0 Å². The standard InChI is InChI=1S/C13H20N2O4/c16-11-2-1-5-15(11)9-12(17)14-6-3-10(4-7-14)8-13(18)19/h10H,1-9H2,(H,18,19). The maximum atomic E-state index is 12.0. The molecule has 0 radical (unpaired) electrons. The smallest absolute Gasteiger partial charge is 0.303 e. The van der Waals surface area contributed by atoms with Gasteiger partial charge >= 0.3 is 5.97 Å². The van der Waals surface area contributed by atoms with E-state index in [1.165, 1.54) is 0 Å². The summed E-state index contributed by atoms with van der Waals surface area (Å²) in [5, 5.41) is 8.73. The van der Waals surface area contributed by atoms with Crippen molar-refractivity contribution in [3.63, 3.8) is 0 Å². The lowest BCUT2D eigenvalue weighted by molar-refractivity contribution is -0.140. The molecule has 2 saturated heterocycles. The molecule has 2 aliphatic heterocycles. The van der Waals surface area contributed by atoms with Crippen LogP contribution in [0.1, 0.15) is 32.1 Å². The Morgan fingerprint density at radius 1 is 1.21 bits per heavy atom. The van der Waals surface area contributed by atoms with Crippen LogP contribution in [-0.4, -0.2) is 58.9 Å². The van der Waals surface area contributed by atoms with Crippen molar-refractivity contribution in [3.8, 4) is 0 Å². The highest BCUT2D eigenvalue weighted by Crippen LogP contribution is 2.21. The van der Waals surface area contributed by atoms with E-state index in [1.54, 1.807) is 9.80 Å². The average Bonchev–Trinajstić information content (AvgIpc) is 2.75. The third kappa shape index (κ3) is 3.68. The number of nitrogens with zero attached hydrogens (tertiary/aromatic N) is 2. The Labute approximate surface area is 112 Å². The van der Waals surface area contributed by atoms with Gasteiger partial charge in [-0.05, 0) is 25.2 Å². The van der Waals surface area contributed by atoms with E-state index in [0.717, 1.165) is 19.3 Å². The van der Waals surface area contributed by atoms with E-state index in [2.05, 4.69) is 0 Å². The van der Waals surface area contributed by atoms with E-state index in [1.807, 2.05) is 0 Å². The molecule has 0 aromatic carbocycles. The zero-order valence-electron chi connectivity index (χ0n) is 11.0. The van der Waals surface area contributed by atoms with E-state index in [0.29, 0.717) is 26.1 Å². The monoisotopic (exact) mass is 268 g/mol. The van der Waals surface area contributed by atoms with E-state index in [-0.39, 0.29) is 30.7 Å². The molecule has 2 heterocycles. The number of carboxylic acids is 1. The van der Waals surface area contributed by atoms with Crippen LogP contribution in [0.4, 0.5) is 0 Å². The fraction of sp³-hybridized carbons (Fsp3) is 0.769. The number of carbonyl (C=O) groups is 3. The number of likely N-dealkylation sites (tertiary alicyclic amines) is 2. The summed E-state index contributed by atoms with van der Waals surface area (Å²) < 4.78 is 0. The molecule has 6 heteroatoms. The minimum atomic E-state index is -0.771. The molecular formula is C13H20N2O4. The Balaban J connectivity index is 1.76. The lowest BCUT2D eigenvalue weighted by Gasteiger charge is -2.32. The molecule has 106 valence electrons. The number of hydrogen-bond acceptors (Lipinski definition) is 3. The van der Waals surface area contributed by atoms with Crippen molar-refractivity contribution in [2.24, 2.45) is 5.92 Å². The van der Waals surface area contributed by atoms with E-state index >= 15 is 0 Å². The quantitative estimate of drug-likeness (QED) is 0.796. The summed E-state index contributed by atoms with van der Waals surface area (Å²) in [6, 6.07) is 0. The number of aliphatic carboxylic acids is 1. The average molecular weight is 268 g/mol. The molecule has 0 unspecified atom stereocenters. The van der Waals surface area contributed by atoms with Crippen LogP contribution < -0.4 is 0 Å². The van der Waals surface area contributed by atoms with Crippen LogP contribution in [0, 0.1) is 5.92 Å². The van der Waals surface area contributed by atoms with E-state index in [4.69, 9.17) is 5.11 Å². The molecule has 2 amide bonds. The third-order valence-electron chi connectivity index (χ3n) is 3.93. The van der Waals surface area contributed by atoms with Gasteiger partial charge in [-0.25, -0.2) is 0 Å². The topological polar surface area (TPSA) is 77.9 Å². The Hall–Kier alpha value is -1.59. The number of rotatable bonds is 4. The van der Waals surface area contributed by atoms with Gasteiger partial charge < -0.3 is 14.9 Å². The van der Waals surface area contributed by atoms with Gasteiger partial charge in [0.25, 0.3) is 0 Å². The van der Waals surface area contributed by atoms with Crippen molar-refractivity contribution in [1.82, 2.24) is 9.80 Å². The van der Waals surface area contributed by atoms with Gasteiger partial charge in [0.2, 0.25) is 11.8 Å². The highest BCUT2D eigenvalue weighted by atomic mass is 16.4. The molecule has 0 bridgehead atoms. The SMILES string of the molecule is O=C(O)CC1CCN(C(=O)CN2CCCC2=O)CC1. The zero-order chi connectivity index (χ0) is 13.8. The largest absolute Gasteiger partial charge is 0.481 e. The Morgan fingerprint density at radius 3 is 2.42 bits per heavy atom. The minimum Gasteiger partial charge on any atom is -0.481 e. The second kappa shape index (κ2) is 6.04. The van der Waals surface area contributed by atoms with Gasteiger partial charge in [0, 0.05) is 32.5 Å². The molecule has 0 atom stereocenters. The fourth-order valence-electron chi connectivity index (χ4n) is 2.77. The Kier molecular flexibility index (Phi) is 4.39. The molecule has 2 aliphatic rings. The molecule has 0 spiro atoms. The van der Waals surface area contributed by atoms with Crippen LogP contribution in [0.15, 0.2) is 0 Å². The van der Waals surface area contributed by atoms with Crippen molar-refractivity contribution in [1.29, 1.82) is 0 Å². The summed E-state index contributed by atoms with van der Waals surface area (Å²) >= 11 is 0.